The molecule has 2 saturated carbocycles. The lowest BCUT2D eigenvalue weighted by atomic mass is 9.78. The average Bonchev–Trinajstić information content (AvgIpc) is 3.78. The van der Waals surface area contributed by atoms with Crippen molar-refractivity contribution in [1.29, 1.82) is 0 Å². The lowest BCUT2D eigenvalue weighted by Gasteiger charge is -2.47. The summed E-state index contributed by atoms with van der Waals surface area (Å²) in [6.07, 6.45) is 12.4. The molecule has 4 aliphatic rings. The van der Waals surface area contributed by atoms with Crippen molar-refractivity contribution in [1.82, 2.24) is 26.2 Å². The number of hydrogen-bond acceptors (Lipinski definition) is 8. The van der Waals surface area contributed by atoms with Gasteiger partial charge in [0.2, 0.25) is 24.0 Å². The van der Waals surface area contributed by atoms with Gasteiger partial charge in [0, 0.05) is 18.1 Å². The van der Waals surface area contributed by atoms with E-state index < -0.39 is 33.5 Å². The van der Waals surface area contributed by atoms with Gasteiger partial charge in [-0.2, -0.15) is 0 Å². The second-order valence-corrected chi connectivity index (χ2v) is 15.7. The molecule has 0 bridgehead atoms. The Labute approximate surface area is 312 Å². The number of rotatable bonds is 10. The van der Waals surface area contributed by atoms with Gasteiger partial charge in [0.15, 0.2) is 9.84 Å². The van der Waals surface area contributed by atoms with Gasteiger partial charge in [-0.05, 0) is 57.9 Å². The Morgan fingerprint density at radius 1 is 0.824 bits per heavy atom. The van der Waals surface area contributed by atoms with Gasteiger partial charge < -0.3 is 26.2 Å². The van der Waals surface area contributed by atoms with Crippen molar-refractivity contribution >= 4 is 39.8 Å². The van der Waals surface area contributed by atoms with E-state index in [0.29, 0.717) is 31.5 Å². The molecular formula is C38H77N5O7S. The Hall–Kier alpha value is -2.54. The SMILES string of the molecule is CC.CC.CC(C)C.CCC.CCC.CNC1(C2CCS2(=O)=O)CCCCC1.O=CNCC(=O)N1CCCC1C(=O)NCC(=O)C(=O)NC1CC1. The van der Waals surface area contributed by atoms with Gasteiger partial charge in [0.05, 0.1) is 24.1 Å². The topological polar surface area (TPSA) is 171 Å². The number of carbonyl (C=O) groups excluding carboxylic acids is 5. The molecule has 13 heteroatoms. The van der Waals surface area contributed by atoms with Crippen LogP contribution in [-0.2, 0) is 33.8 Å². The maximum Gasteiger partial charge on any atom is 0.289 e. The maximum atomic E-state index is 12.1. The summed E-state index contributed by atoms with van der Waals surface area (Å²) in [7, 11) is -0.839. The van der Waals surface area contributed by atoms with Crippen LogP contribution in [0.15, 0.2) is 0 Å². The van der Waals surface area contributed by atoms with Crippen LogP contribution in [0.5, 0.6) is 0 Å². The fourth-order valence-corrected chi connectivity index (χ4v) is 7.29. The highest BCUT2D eigenvalue weighted by atomic mass is 32.2. The summed E-state index contributed by atoms with van der Waals surface area (Å²) in [6.45, 7) is 22.9. The van der Waals surface area contributed by atoms with Crippen LogP contribution in [0.3, 0.4) is 0 Å². The van der Waals surface area contributed by atoms with Crippen LogP contribution in [0, 0.1) is 5.92 Å². The summed E-state index contributed by atoms with van der Waals surface area (Å²) < 4.78 is 23.3. The molecule has 2 heterocycles. The molecule has 4 rings (SSSR count). The molecule has 0 radical (unpaired) electrons. The Kier molecular flexibility index (Phi) is 32.1. The minimum absolute atomic E-state index is 0.0791. The van der Waals surface area contributed by atoms with E-state index in [0.717, 1.165) is 38.0 Å². The minimum atomic E-state index is -2.75. The van der Waals surface area contributed by atoms with Gasteiger partial charge in [0.25, 0.3) is 5.91 Å². The first-order chi connectivity index (χ1) is 24.2. The Balaban J connectivity index is -0.000000696. The number of hydrogen-bond donors (Lipinski definition) is 4. The number of nitrogens with one attached hydrogen (secondary N) is 4. The quantitative estimate of drug-likeness (QED) is 0.172. The third kappa shape index (κ3) is 22.2. The lowest BCUT2D eigenvalue weighted by Crippen LogP contribution is -2.61. The van der Waals surface area contributed by atoms with E-state index in [1.165, 1.54) is 37.0 Å². The molecule has 2 unspecified atom stereocenters. The first kappa shape index (κ1) is 52.8. The van der Waals surface area contributed by atoms with Crippen LogP contribution in [0.2, 0.25) is 0 Å². The molecule has 4 amide bonds. The first-order valence-electron chi connectivity index (χ1n) is 19.7. The van der Waals surface area contributed by atoms with Crippen molar-refractivity contribution in [3.63, 3.8) is 0 Å². The molecule has 12 nitrogen and oxygen atoms in total. The number of sulfone groups is 1. The zero-order valence-corrected chi connectivity index (χ0v) is 35.2. The number of carbonyl (C=O) groups is 5. The van der Waals surface area contributed by atoms with Crippen LogP contribution < -0.4 is 21.3 Å². The Bertz CT molecular complexity index is 1050. The summed E-state index contributed by atoms with van der Waals surface area (Å²) >= 11 is 0. The van der Waals surface area contributed by atoms with E-state index in [1.807, 2.05) is 34.7 Å². The Morgan fingerprint density at radius 2 is 1.33 bits per heavy atom. The predicted molar refractivity (Wildman–Crippen MR) is 210 cm³/mol. The van der Waals surface area contributed by atoms with Gasteiger partial charge in [-0.15, -0.1) is 0 Å². The molecule has 4 fully saturated rings. The van der Waals surface area contributed by atoms with Crippen LogP contribution in [-0.4, -0.2) is 98.5 Å². The summed E-state index contributed by atoms with van der Waals surface area (Å²) in [5.74, 6) is -0.977. The van der Waals surface area contributed by atoms with Gasteiger partial charge in [-0.3, -0.25) is 24.0 Å². The monoisotopic (exact) mass is 748 g/mol. The van der Waals surface area contributed by atoms with Crippen molar-refractivity contribution in [2.45, 2.75) is 176 Å². The second-order valence-electron chi connectivity index (χ2n) is 13.4. The van der Waals surface area contributed by atoms with Gasteiger partial charge in [-0.25, -0.2) is 8.42 Å². The van der Waals surface area contributed by atoms with Gasteiger partial charge >= 0.3 is 0 Å². The summed E-state index contributed by atoms with van der Waals surface area (Å²) in [4.78, 5) is 58.7. The number of nitrogens with zero attached hydrogens (tertiary/aromatic N) is 1. The number of Topliss-reactive ketones (excluding diaryl/α,β-unsaturated/α-hetero) is 1. The van der Waals surface area contributed by atoms with Gasteiger partial charge in [0.1, 0.15) is 6.04 Å². The smallest absolute Gasteiger partial charge is 0.289 e. The molecule has 0 spiro atoms. The zero-order chi connectivity index (χ0) is 40.0. The van der Waals surface area contributed by atoms with Crippen LogP contribution >= 0.6 is 0 Å². The molecular weight excluding hydrogens is 671 g/mol. The van der Waals surface area contributed by atoms with Crippen molar-refractivity contribution in [3.05, 3.63) is 0 Å². The van der Waals surface area contributed by atoms with Crippen molar-refractivity contribution < 1.29 is 32.4 Å². The fourth-order valence-electron chi connectivity index (χ4n) is 5.39. The highest BCUT2D eigenvalue weighted by Gasteiger charge is 2.50. The average molecular weight is 748 g/mol. The predicted octanol–water partition coefficient (Wildman–Crippen LogP) is 5.33. The van der Waals surface area contributed by atoms with E-state index >= 15 is 0 Å². The first-order valence-corrected chi connectivity index (χ1v) is 21.4. The van der Waals surface area contributed by atoms with Crippen LogP contribution in [0.4, 0.5) is 0 Å². The molecule has 0 aromatic heterocycles. The Morgan fingerprint density at radius 3 is 1.73 bits per heavy atom. The molecule has 2 aliphatic heterocycles. The van der Waals surface area contributed by atoms with Gasteiger partial charge in [-0.1, -0.05) is 108 Å². The molecule has 2 saturated heterocycles. The number of likely N-dealkylation sites (tertiary alicyclic amines) is 1. The standard InChI is InChI=1S/C14H20N4O5.C10H19NO2S.C4H10.2C3H8.2C2H6/c19-8-15-7-12(21)18-5-1-2-10(18)13(22)16-6-11(20)14(23)17-9-3-4-9;1-11-10(6-3-2-4-7-10)9-5-8-14(9,12)13;1-4(2)3;2*1-3-2;2*1-2/h8-10H,1-7H2,(H,15,19)(H,16,22)(H,17,23);9,11H,2-8H2,1H3;4H,1-3H3;2*3H2,1-2H3;2*1-2H3. The van der Waals surface area contributed by atoms with Crippen molar-refractivity contribution in [3.8, 4) is 0 Å². The highest BCUT2D eigenvalue weighted by Crippen LogP contribution is 2.40. The largest absolute Gasteiger partial charge is 0.350 e. The molecule has 4 N–H and O–H groups in total. The summed E-state index contributed by atoms with van der Waals surface area (Å²) in [5, 5.41) is 10.4. The van der Waals surface area contributed by atoms with E-state index in [1.54, 1.807) is 0 Å². The van der Waals surface area contributed by atoms with Crippen LogP contribution in [0.1, 0.15) is 153 Å². The maximum absolute atomic E-state index is 12.1. The lowest BCUT2D eigenvalue weighted by molar-refractivity contribution is -0.140. The third-order valence-corrected chi connectivity index (χ3v) is 10.1. The summed E-state index contributed by atoms with van der Waals surface area (Å²) in [6, 6.07) is -0.592. The molecule has 0 aromatic carbocycles. The second kappa shape index (κ2) is 31.0. The highest BCUT2D eigenvalue weighted by molar-refractivity contribution is 7.93. The number of amides is 4. The zero-order valence-electron chi connectivity index (χ0n) is 34.4. The fraction of sp³-hybridized carbons (Fsp3) is 0.868. The van der Waals surface area contributed by atoms with E-state index in [9.17, 15) is 32.4 Å². The minimum Gasteiger partial charge on any atom is -0.350 e. The molecule has 2 aliphatic carbocycles. The van der Waals surface area contributed by atoms with Crippen molar-refractivity contribution in [2.75, 3.05) is 32.4 Å². The summed E-state index contributed by atoms with van der Waals surface area (Å²) in [5.41, 5.74) is -0.0880. The van der Waals surface area contributed by atoms with Crippen LogP contribution in [0.25, 0.3) is 0 Å². The third-order valence-electron chi connectivity index (χ3n) is 7.76. The van der Waals surface area contributed by atoms with E-state index in [2.05, 4.69) is 69.7 Å². The molecule has 302 valence electrons. The van der Waals surface area contributed by atoms with E-state index in [-0.39, 0.29) is 35.8 Å². The molecule has 2 atom stereocenters. The molecule has 0 aromatic rings. The normalized spacial score (nSPS) is 20.1. The van der Waals surface area contributed by atoms with Crippen molar-refractivity contribution in [2.24, 2.45) is 5.92 Å². The molecule has 51 heavy (non-hydrogen) atoms. The van der Waals surface area contributed by atoms with E-state index in [4.69, 9.17) is 0 Å². The number of ketones is 1.